The Kier molecular flexibility index (Phi) is 6.63. The molecule has 0 bridgehead atoms. The first-order valence-corrected chi connectivity index (χ1v) is 12.3. The van der Waals surface area contributed by atoms with Crippen LogP contribution in [0.25, 0.3) is 16.8 Å². The molecule has 4 heterocycles. The van der Waals surface area contributed by atoms with Gasteiger partial charge in [0.25, 0.3) is 5.91 Å². The number of carbonyl (C=O) groups excluding carboxylic acids is 2. The number of carbonyl (C=O) groups is 2. The van der Waals surface area contributed by atoms with E-state index >= 15 is 0 Å². The van der Waals surface area contributed by atoms with Gasteiger partial charge in [0.15, 0.2) is 0 Å². The van der Waals surface area contributed by atoms with Crippen molar-refractivity contribution < 1.29 is 9.59 Å². The van der Waals surface area contributed by atoms with E-state index < -0.39 is 0 Å². The first kappa shape index (κ1) is 24.1. The summed E-state index contributed by atoms with van der Waals surface area (Å²) in [4.78, 5) is 45.1. The molecule has 0 spiro atoms. The van der Waals surface area contributed by atoms with Gasteiger partial charge < -0.3 is 10.6 Å². The van der Waals surface area contributed by atoms with E-state index in [0.717, 1.165) is 31.2 Å². The zero-order valence-electron chi connectivity index (χ0n) is 20.6. The van der Waals surface area contributed by atoms with Gasteiger partial charge in [0.05, 0.1) is 6.04 Å². The molecule has 1 aliphatic rings. The highest BCUT2D eigenvalue weighted by Gasteiger charge is 2.31. The Morgan fingerprint density at radius 1 is 1.22 bits per heavy atom. The van der Waals surface area contributed by atoms with Crippen molar-refractivity contribution in [3.63, 3.8) is 0 Å². The van der Waals surface area contributed by atoms with Crippen molar-refractivity contribution in [3.05, 3.63) is 78.7 Å². The number of fused-ring (bicyclic) bond motifs is 1. The fourth-order valence-electron chi connectivity index (χ4n) is 4.69. The molecule has 0 radical (unpaired) electrons. The van der Waals surface area contributed by atoms with Crippen LogP contribution in [0.15, 0.2) is 61.7 Å². The van der Waals surface area contributed by atoms with E-state index in [1.165, 1.54) is 6.08 Å². The molecular formula is C27H28N8O2. The molecule has 0 unspecified atom stereocenters. The lowest BCUT2D eigenvalue weighted by Gasteiger charge is -2.34. The summed E-state index contributed by atoms with van der Waals surface area (Å²) in [5.74, 6) is 0.787. The van der Waals surface area contributed by atoms with Gasteiger partial charge in [-0.15, -0.1) is 0 Å². The predicted octanol–water partition coefficient (Wildman–Crippen LogP) is 3.82. The molecule has 1 saturated heterocycles. The molecule has 1 aromatic carbocycles. The summed E-state index contributed by atoms with van der Waals surface area (Å²) in [6.45, 7) is 6.31. The Morgan fingerprint density at radius 3 is 2.78 bits per heavy atom. The number of amides is 2. The van der Waals surface area contributed by atoms with Gasteiger partial charge in [-0.2, -0.15) is 0 Å². The number of nitrogens with zero attached hydrogens (tertiary/aromatic N) is 6. The van der Waals surface area contributed by atoms with Crippen LogP contribution < -0.4 is 11.1 Å². The van der Waals surface area contributed by atoms with Crippen molar-refractivity contribution in [2.75, 3.05) is 17.6 Å². The van der Waals surface area contributed by atoms with E-state index in [-0.39, 0.29) is 23.8 Å². The van der Waals surface area contributed by atoms with E-state index in [1.807, 2.05) is 17.4 Å². The second-order valence-electron chi connectivity index (χ2n) is 8.90. The number of aromatic nitrogens is 5. The Bertz CT molecular complexity index is 1480. The number of nitrogens with two attached hydrogens (primary N) is 1. The van der Waals surface area contributed by atoms with Crippen molar-refractivity contribution in [1.82, 2.24) is 29.2 Å². The number of benzene rings is 1. The highest BCUT2D eigenvalue weighted by molar-refractivity contribution is 6.04. The van der Waals surface area contributed by atoms with Crippen molar-refractivity contribution >= 4 is 29.1 Å². The predicted molar refractivity (Wildman–Crippen MR) is 141 cm³/mol. The van der Waals surface area contributed by atoms with Crippen LogP contribution in [0.3, 0.4) is 0 Å². The minimum Gasteiger partial charge on any atom is -0.382 e. The third-order valence-corrected chi connectivity index (χ3v) is 6.61. The summed E-state index contributed by atoms with van der Waals surface area (Å²) >= 11 is 0. The lowest BCUT2D eigenvalue weighted by atomic mass is 10.0. The highest BCUT2D eigenvalue weighted by Crippen LogP contribution is 2.36. The molecule has 188 valence electrons. The fraction of sp³-hybridized carbons (Fsp3) is 0.259. The second-order valence-corrected chi connectivity index (χ2v) is 8.90. The smallest absolute Gasteiger partial charge is 0.258 e. The number of rotatable bonds is 6. The highest BCUT2D eigenvalue weighted by atomic mass is 16.2. The third kappa shape index (κ3) is 4.65. The molecule has 5 rings (SSSR count). The van der Waals surface area contributed by atoms with Crippen molar-refractivity contribution in [2.24, 2.45) is 0 Å². The zero-order valence-corrected chi connectivity index (χ0v) is 20.6. The number of likely N-dealkylation sites (tertiary alicyclic amines) is 1. The lowest BCUT2D eigenvalue weighted by Crippen LogP contribution is -2.38. The minimum absolute atomic E-state index is 0.127. The van der Waals surface area contributed by atoms with Gasteiger partial charge in [0.1, 0.15) is 22.9 Å². The van der Waals surface area contributed by atoms with E-state index in [9.17, 15) is 9.59 Å². The average molecular weight is 497 g/mol. The SMILES string of the molecule is C=CC(=O)N1CCCC[C@H]1c1nc(-c2cccc(C(=O)Nc3ncc(CC)cn3)c2)c2c(N)nccn12. The molecule has 37 heavy (non-hydrogen) atoms. The molecular weight excluding hydrogens is 468 g/mol. The Morgan fingerprint density at radius 2 is 2.03 bits per heavy atom. The quantitative estimate of drug-likeness (QED) is 0.388. The van der Waals surface area contributed by atoms with Crippen LogP contribution in [-0.2, 0) is 11.2 Å². The second kappa shape index (κ2) is 10.2. The number of piperidine rings is 1. The summed E-state index contributed by atoms with van der Waals surface area (Å²) in [6, 6.07) is 6.90. The molecule has 0 aliphatic carbocycles. The van der Waals surface area contributed by atoms with Crippen LogP contribution in [0, 0.1) is 0 Å². The van der Waals surface area contributed by atoms with E-state index in [0.29, 0.717) is 40.5 Å². The van der Waals surface area contributed by atoms with E-state index in [4.69, 9.17) is 10.7 Å². The van der Waals surface area contributed by atoms with E-state index in [1.54, 1.807) is 47.9 Å². The summed E-state index contributed by atoms with van der Waals surface area (Å²) in [7, 11) is 0. The Balaban J connectivity index is 1.53. The van der Waals surface area contributed by atoms with Crippen molar-refractivity contribution in [3.8, 4) is 11.3 Å². The first-order valence-electron chi connectivity index (χ1n) is 12.3. The van der Waals surface area contributed by atoms with Crippen LogP contribution in [0.4, 0.5) is 11.8 Å². The first-order chi connectivity index (χ1) is 18.0. The molecule has 2 amide bonds. The van der Waals surface area contributed by atoms with Crippen LogP contribution in [0.1, 0.15) is 54.0 Å². The number of aryl methyl sites for hydroxylation is 1. The summed E-state index contributed by atoms with van der Waals surface area (Å²) in [5, 5.41) is 2.74. The van der Waals surface area contributed by atoms with E-state index in [2.05, 4.69) is 26.8 Å². The third-order valence-electron chi connectivity index (χ3n) is 6.61. The summed E-state index contributed by atoms with van der Waals surface area (Å²) in [5.41, 5.74) is 9.65. The Labute approximate surface area is 214 Å². The number of anilines is 2. The summed E-state index contributed by atoms with van der Waals surface area (Å²) < 4.78 is 1.90. The normalized spacial score (nSPS) is 15.5. The largest absolute Gasteiger partial charge is 0.382 e. The standard InChI is InChI=1S/C27H28N8O2/c1-3-17-15-30-27(31-16-17)33-26(37)19-9-7-8-18(14-19)22-23-24(28)29-11-13-35(23)25(32-22)20-10-5-6-12-34(20)21(36)4-2/h4,7-9,11,13-16,20H,2-3,5-6,10,12H2,1H3,(H2,28,29)(H,30,31,33,37)/t20-/m0/s1. The Hall–Kier alpha value is -4.60. The maximum Gasteiger partial charge on any atom is 0.258 e. The van der Waals surface area contributed by atoms with Crippen LogP contribution in [0.5, 0.6) is 0 Å². The average Bonchev–Trinajstić information content (AvgIpc) is 3.34. The van der Waals surface area contributed by atoms with Gasteiger partial charge >= 0.3 is 0 Å². The zero-order chi connectivity index (χ0) is 25.9. The van der Waals surface area contributed by atoms with Crippen LogP contribution in [-0.4, -0.2) is 47.6 Å². The van der Waals surface area contributed by atoms with Gasteiger partial charge in [-0.3, -0.25) is 19.3 Å². The van der Waals surface area contributed by atoms with Gasteiger partial charge in [-0.05, 0) is 49.5 Å². The molecule has 10 heteroatoms. The molecule has 0 saturated carbocycles. The molecule has 1 aliphatic heterocycles. The van der Waals surface area contributed by atoms with Gasteiger partial charge in [-0.25, -0.2) is 19.9 Å². The lowest BCUT2D eigenvalue weighted by molar-refractivity contribution is -0.129. The number of nitrogen functional groups attached to an aromatic ring is 1. The molecule has 4 aromatic rings. The van der Waals surface area contributed by atoms with Crippen molar-refractivity contribution in [1.29, 1.82) is 0 Å². The fourth-order valence-corrected chi connectivity index (χ4v) is 4.69. The van der Waals surface area contributed by atoms with Crippen LogP contribution in [0.2, 0.25) is 0 Å². The maximum atomic E-state index is 13.0. The number of imidazole rings is 1. The number of hydrogen-bond donors (Lipinski definition) is 2. The summed E-state index contributed by atoms with van der Waals surface area (Å²) in [6.07, 6.45) is 11.6. The molecule has 3 N–H and O–H groups in total. The van der Waals surface area contributed by atoms with Gasteiger partial charge in [0, 0.05) is 42.5 Å². The van der Waals surface area contributed by atoms with Gasteiger partial charge in [0.2, 0.25) is 11.9 Å². The maximum absolute atomic E-state index is 13.0. The molecule has 1 fully saturated rings. The minimum atomic E-state index is -0.337. The number of hydrogen-bond acceptors (Lipinski definition) is 7. The molecule has 3 aromatic heterocycles. The van der Waals surface area contributed by atoms with Crippen molar-refractivity contribution in [2.45, 2.75) is 38.6 Å². The monoisotopic (exact) mass is 496 g/mol. The van der Waals surface area contributed by atoms with Gasteiger partial charge in [-0.1, -0.05) is 25.6 Å². The molecule has 10 nitrogen and oxygen atoms in total. The van der Waals surface area contributed by atoms with Crippen LogP contribution >= 0.6 is 0 Å². The topological polar surface area (TPSA) is 131 Å². The molecule has 1 atom stereocenters. The number of nitrogens with one attached hydrogen (secondary N) is 1.